The highest BCUT2D eigenvalue weighted by atomic mass is 32.1. The lowest BCUT2D eigenvalue weighted by molar-refractivity contribution is -0.153. The SMILES string of the molecule is CCOC(=O)C(Cc1csc(-c2ccccc2)n1)N1C(C)OC(=O)C1CC(C)C. The highest BCUT2D eigenvalue weighted by molar-refractivity contribution is 7.13. The molecule has 0 spiro atoms. The van der Waals surface area contributed by atoms with Crippen LogP contribution in [0.5, 0.6) is 0 Å². The zero-order valence-electron chi connectivity index (χ0n) is 17.3. The van der Waals surface area contributed by atoms with Crippen LogP contribution < -0.4 is 0 Å². The lowest BCUT2D eigenvalue weighted by Gasteiger charge is -2.31. The van der Waals surface area contributed by atoms with Crippen LogP contribution in [-0.2, 0) is 25.5 Å². The molecule has 2 aromatic rings. The molecule has 3 rings (SSSR count). The zero-order valence-corrected chi connectivity index (χ0v) is 18.1. The fourth-order valence-corrected chi connectivity index (χ4v) is 4.52. The van der Waals surface area contributed by atoms with E-state index in [1.807, 2.05) is 40.6 Å². The first kappa shape index (κ1) is 21.5. The Morgan fingerprint density at radius 2 is 2.03 bits per heavy atom. The number of cyclic esters (lactones) is 1. The fraction of sp³-hybridized carbons (Fsp3) is 0.500. The summed E-state index contributed by atoms with van der Waals surface area (Å²) in [7, 11) is 0. The molecule has 6 nitrogen and oxygen atoms in total. The normalized spacial score (nSPS) is 20.7. The number of hydrogen-bond donors (Lipinski definition) is 0. The average molecular weight is 417 g/mol. The molecule has 156 valence electrons. The second-order valence-corrected chi connectivity index (χ2v) is 8.47. The minimum atomic E-state index is -0.620. The van der Waals surface area contributed by atoms with E-state index in [1.165, 1.54) is 0 Å². The van der Waals surface area contributed by atoms with E-state index >= 15 is 0 Å². The smallest absolute Gasteiger partial charge is 0.325 e. The Bertz CT molecular complexity index is 836. The number of esters is 2. The molecule has 1 aliphatic rings. The highest BCUT2D eigenvalue weighted by Gasteiger charge is 2.46. The van der Waals surface area contributed by atoms with Gasteiger partial charge in [0.25, 0.3) is 0 Å². The summed E-state index contributed by atoms with van der Waals surface area (Å²) in [6.07, 6.45) is 0.524. The molecule has 1 aliphatic heterocycles. The Hall–Kier alpha value is -2.25. The molecule has 1 aromatic carbocycles. The maximum Gasteiger partial charge on any atom is 0.325 e. The fourth-order valence-electron chi connectivity index (χ4n) is 3.68. The number of carbonyl (C=O) groups is 2. The lowest BCUT2D eigenvalue weighted by atomic mass is 10.00. The van der Waals surface area contributed by atoms with E-state index in [0.717, 1.165) is 16.3 Å². The van der Waals surface area contributed by atoms with E-state index in [2.05, 4.69) is 13.8 Å². The summed E-state index contributed by atoms with van der Waals surface area (Å²) < 4.78 is 10.8. The van der Waals surface area contributed by atoms with Gasteiger partial charge in [-0.05, 0) is 26.2 Å². The number of carbonyl (C=O) groups excluding carboxylic acids is 2. The van der Waals surface area contributed by atoms with Crippen molar-refractivity contribution in [3.05, 3.63) is 41.4 Å². The predicted molar refractivity (Wildman–Crippen MR) is 112 cm³/mol. The van der Waals surface area contributed by atoms with Gasteiger partial charge in [0.1, 0.15) is 17.1 Å². The monoisotopic (exact) mass is 416 g/mol. The van der Waals surface area contributed by atoms with E-state index in [-0.39, 0.29) is 18.5 Å². The molecule has 3 unspecified atom stereocenters. The molecule has 1 saturated heterocycles. The molecule has 0 aliphatic carbocycles. The molecular formula is C22H28N2O4S. The Morgan fingerprint density at radius 3 is 2.69 bits per heavy atom. The number of thiazole rings is 1. The molecule has 7 heteroatoms. The number of rotatable bonds is 8. The average Bonchev–Trinajstić information content (AvgIpc) is 3.25. The summed E-state index contributed by atoms with van der Waals surface area (Å²) in [5.74, 6) is -0.323. The first-order valence-electron chi connectivity index (χ1n) is 10.0. The first-order valence-corrected chi connectivity index (χ1v) is 10.9. The van der Waals surface area contributed by atoms with Crippen molar-refractivity contribution in [1.29, 1.82) is 0 Å². The summed E-state index contributed by atoms with van der Waals surface area (Å²) in [5.41, 5.74) is 1.85. The lowest BCUT2D eigenvalue weighted by Crippen LogP contribution is -2.50. The van der Waals surface area contributed by atoms with Gasteiger partial charge in [-0.1, -0.05) is 44.2 Å². The predicted octanol–water partition coefficient (Wildman–Crippen LogP) is 3.90. The molecule has 0 N–H and O–H groups in total. The van der Waals surface area contributed by atoms with E-state index in [4.69, 9.17) is 14.5 Å². The number of ether oxygens (including phenoxy) is 2. The molecule has 1 aromatic heterocycles. The van der Waals surface area contributed by atoms with Gasteiger partial charge in [0, 0.05) is 17.4 Å². The Morgan fingerprint density at radius 1 is 1.31 bits per heavy atom. The highest BCUT2D eigenvalue weighted by Crippen LogP contribution is 2.30. The summed E-state index contributed by atoms with van der Waals surface area (Å²) >= 11 is 1.55. The number of benzene rings is 1. The van der Waals surface area contributed by atoms with E-state index in [9.17, 15) is 9.59 Å². The van der Waals surface area contributed by atoms with Gasteiger partial charge in [0.15, 0.2) is 6.23 Å². The van der Waals surface area contributed by atoms with Crippen molar-refractivity contribution in [2.24, 2.45) is 5.92 Å². The van der Waals surface area contributed by atoms with Gasteiger partial charge in [0.2, 0.25) is 0 Å². The molecule has 29 heavy (non-hydrogen) atoms. The van der Waals surface area contributed by atoms with Crippen LogP contribution in [0.3, 0.4) is 0 Å². The standard InChI is InChI=1S/C22H28N2O4S/c1-5-27-21(25)19(24-15(4)28-22(26)18(24)11-14(2)3)12-17-13-29-20(23-17)16-9-7-6-8-10-16/h6-10,13-15,18-19H,5,11-12H2,1-4H3. The Labute approximate surface area is 175 Å². The number of nitrogens with zero attached hydrogens (tertiary/aromatic N) is 2. The molecule has 0 radical (unpaired) electrons. The van der Waals surface area contributed by atoms with Crippen LogP contribution in [0.25, 0.3) is 10.6 Å². The zero-order chi connectivity index (χ0) is 21.0. The molecule has 0 saturated carbocycles. The van der Waals surface area contributed by atoms with E-state index < -0.39 is 18.3 Å². The second kappa shape index (κ2) is 9.50. The summed E-state index contributed by atoms with van der Waals surface area (Å²) in [6.45, 7) is 7.99. The van der Waals surface area contributed by atoms with Crippen molar-refractivity contribution in [2.45, 2.75) is 58.8 Å². The van der Waals surface area contributed by atoms with Gasteiger partial charge in [-0.25, -0.2) is 9.88 Å². The van der Waals surface area contributed by atoms with Crippen LogP contribution in [0.2, 0.25) is 0 Å². The van der Waals surface area contributed by atoms with Crippen molar-refractivity contribution >= 4 is 23.3 Å². The summed E-state index contributed by atoms with van der Waals surface area (Å²) in [4.78, 5) is 31.9. The quantitative estimate of drug-likeness (QED) is 0.608. The maximum atomic E-state index is 12.8. The van der Waals surface area contributed by atoms with Gasteiger partial charge >= 0.3 is 11.9 Å². The second-order valence-electron chi connectivity index (χ2n) is 7.61. The van der Waals surface area contributed by atoms with Crippen LogP contribution in [0.1, 0.15) is 39.8 Å². The Kier molecular flexibility index (Phi) is 7.03. The third-order valence-electron chi connectivity index (χ3n) is 4.93. The van der Waals surface area contributed by atoms with Gasteiger partial charge in [0.05, 0.1) is 12.3 Å². The minimum absolute atomic E-state index is 0.274. The van der Waals surface area contributed by atoms with Crippen molar-refractivity contribution in [1.82, 2.24) is 9.88 Å². The Balaban J connectivity index is 1.87. The van der Waals surface area contributed by atoms with Crippen LogP contribution in [0.4, 0.5) is 0 Å². The van der Waals surface area contributed by atoms with Crippen LogP contribution >= 0.6 is 11.3 Å². The van der Waals surface area contributed by atoms with Crippen LogP contribution in [-0.4, -0.2) is 46.7 Å². The molecule has 3 atom stereocenters. The summed E-state index contributed by atoms with van der Waals surface area (Å²) in [6, 6.07) is 8.87. The summed E-state index contributed by atoms with van der Waals surface area (Å²) in [5, 5.41) is 2.87. The molecular weight excluding hydrogens is 388 g/mol. The third kappa shape index (κ3) is 5.03. The maximum absolute atomic E-state index is 12.8. The van der Waals surface area contributed by atoms with Gasteiger partial charge in [-0.2, -0.15) is 0 Å². The van der Waals surface area contributed by atoms with E-state index in [1.54, 1.807) is 25.2 Å². The van der Waals surface area contributed by atoms with E-state index in [0.29, 0.717) is 18.8 Å². The minimum Gasteiger partial charge on any atom is -0.465 e. The third-order valence-corrected chi connectivity index (χ3v) is 5.87. The number of aromatic nitrogens is 1. The molecule has 2 heterocycles. The topological polar surface area (TPSA) is 68.7 Å². The number of hydrogen-bond acceptors (Lipinski definition) is 7. The van der Waals surface area contributed by atoms with Gasteiger partial charge < -0.3 is 9.47 Å². The molecule has 1 fully saturated rings. The molecule has 0 bridgehead atoms. The first-order chi connectivity index (χ1) is 13.9. The van der Waals surface area contributed by atoms with Gasteiger partial charge in [-0.15, -0.1) is 11.3 Å². The van der Waals surface area contributed by atoms with Crippen LogP contribution in [0, 0.1) is 5.92 Å². The molecule has 0 amide bonds. The van der Waals surface area contributed by atoms with Crippen molar-refractivity contribution < 1.29 is 19.1 Å². The van der Waals surface area contributed by atoms with Crippen molar-refractivity contribution in [2.75, 3.05) is 6.61 Å². The van der Waals surface area contributed by atoms with Crippen LogP contribution in [0.15, 0.2) is 35.7 Å². The van der Waals surface area contributed by atoms with Gasteiger partial charge in [-0.3, -0.25) is 9.59 Å². The van der Waals surface area contributed by atoms with Crippen molar-refractivity contribution in [3.8, 4) is 10.6 Å². The largest absolute Gasteiger partial charge is 0.465 e. The van der Waals surface area contributed by atoms with Crippen molar-refractivity contribution in [3.63, 3.8) is 0 Å².